The molecule has 0 aromatic heterocycles. The first-order chi connectivity index (χ1) is 7.56. The number of nitrogens with zero attached hydrogens (tertiary/aromatic N) is 1. The Morgan fingerprint density at radius 3 is 2.62 bits per heavy atom. The molecule has 84 valence electrons. The van der Waals surface area contributed by atoms with Crippen LogP contribution in [0.5, 0.6) is 0 Å². The number of carbonyl (C=O) groups excluding carboxylic acids is 1. The lowest BCUT2D eigenvalue weighted by molar-refractivity contribution is -0.119. The largest absolute Gasteiger partial charge is 0.478 e. The number of benzene rings is 1. The normalized spacial score (nSPS) is 14.8. The summed E-state index contributed by atoms with van der Waals surface area (Å²) in [5, 5.41) is 8.84. The van der Waals surface area contributed by atoms with Gasteiger partial charge in [-0.25, -0.2) is 4.79 Å². The molecular formula is C11H12N2O3. The Hall–Kier alpha value is -1.88. The van der Waals surface area contributed by atoms with Crippen LogP contribution in [0.25, 0.3) is 0 Å². The molecule has 16 heavy (non-hydrogen) atoms. The molecule has 1 aliphatic rings. The second kappa shape index (κ2) is 3.94. The number of amides is 1. The summed E-state index contributed by atoms with van der Waals surface area (Å²) in [6.07, 6.45) is 0. The Labute approximate surface area is 92.5 Å². The molecular weight excluding hydrogens is 208 g/mol. The monoisotopic (exact) mass is 220 g/mol. The van der Waals surface area contributed by atoms with Crippen molar-refractivity contribution in [1.82, 2.24) is 4.90 Å². The standard InChI is InChI=1S/C11H12N2O3/c12-10(14)6-13-4-8-2-1-7(11(15)16)3-9(8)5-13/h1-3H,4-6H2,(H2,12,14)(H,15,16). The topological polar surface area (TPSA) is 83.6 Å². The van der Waals surface area contributed by atoms with Crippen molar-refractivity contribution in [2.24, 2.45) is 5.73 Å². The van der Waals surface area contributed by atoms with Crippen molar-refractivity contribution >= 4 is 11.9 Å². The molecule has 0 aliphatic carbocycles. The van der Waals surface area contributed by atoms with Crippen LogP contribution in [-0.2, 0) is 17.9 Å². The lowest BCUT2D eigenvalue weighted by atomic mass is 10.1. The van der Waals surface area contributed by atoms with Crippen LogP contribution in [0, 0.1) is 0 Å². The maximum absolute atomic E-state index is 10.8. The van der Waals surface area contributed by atoms with Crippen LogP contribution >= 0.6 is 0 Å². The summed E-state index contributed by atoms with van der Waals surface area (Å²) in [6, 6.07) is 5.02. The van der Waals surface area contributed by atoms with Gasteiger partial charge in [0, 0.05) is 13.1 Å². The maximum atomic E-state index is 10.8. The zero-order valence-corrected chi connectivity index (χ0v) is 8.64. The van der Waals surface area contributed by atoms with Crippen LogP contribution < -0.4 is 5.73 Å². The number of fused-ring (bicyclic) bond motifs is 1. The Balaban J connectivity index is 2.18. The Kier molecular flexibility index (Phi) is 2.62. The van der Waals surface area contributed by atoms with E-state index in [2.05, 4.69) is 0 Å². The molecule has 5 heteroatoms. The molecule has 0 saturated carbocycles. The summed E-state index contributed by atoms with van der Waals surface area (Å²) in [7, 11) is 0. The van der Waals surface area contributed by atoms with E-state index in [-0.39, 0.29) is 18.0 Å². The van der Waals surface area contributed by atoms with Crippen LogP contribution in [0.1, 0.15) is 21.5 Å². The molecule has 0 radical (unpaired) electrons. The fraction of sp³-hybridized carbons (Fsp3) is 0.273. The highest BCUT2D eigenvalue weighted by molar-refractivity contribution is 5.88. The first-order valence-corrected chi connectivity index (χ1v) is 4.92. The molecule has 1 aromatic carbocycles. The number of primary amides is 1. The minimum Gasteiger partial charge on any atom is -0.478 e. The molecule has 0 unspecified atom stereocenters. The molecule has 0 saturated heterocycles. The summed E-state index contributed by atoms with van der Waals surface area (Å²) < 4.78 is 0. The molecule has 1 heterocycles. The second-order valence-corrected chi connectivity index (χ2v) is 3.90. The van der Waals surface area contributed by atoms with Gasteiger partial charge >= 0.3 is 5.97 Å². The third kappa shape index (κ3) is 2.04. The Bertz CT molecular complexity index is 457. The average molecular weight is 220 g/mol. The van der Waals surface area contributed by atoms with E-state index in [1.807, 2.05) is 4.90 Å². The quantitative estimate of drug-likeness (QED) is 0.761. The molecule has 0 spiro atoms. The van der Waals surface area contributed by atoms with Crippen molar-refractivity contribution in [2.45, 2.75) is 13.1 Å². The minimum atomic E-state index is -0.934. The first kappa shape index (κ1) is 10.6. The van der Waals surface area contributed by atoms with E-state index in [9.17, 15) is 9.59 Å². The molecule has 5 nitrogen and oxygen atoms in total. The van der Waals surface area contributed by atoms with E-state index in [4.69, 9.17) is 10.8 Å². The molecule has 1 aromatic rings. The van der Waals surface area contributed by atoms with Gasteiger partial charge in [0.05, 0.1) is 12.1 Å². The lowest BCUT2D eigenvalue weighted by Crippen LogP contribution is -2.29. The minimum absolute atomic E-state index is 0.205. The van der Waals surface area contributed by atoms with Crippen LogP contribution in [0.15, 0.2) is 18.2 Å². The SMILES string of the molecule is NC(=O)CN1Cc2ccc(C(=O)O)cc2C1. The molecule has 0 bridgehead atoms. The van der Waals surface area contributed by atoms with Crippen molar-refractivity contribution in [3.05, 3.63) is 34.9 Å². The predicted molar refractivity (Wildman–Crippen MR) is 56.7 cm³/mol. The van der Waals surface area contributed by atoms with Gasteiger partial charge in [-0.1, -0.05) is 6.07 Å². The average Bonchev–Trinajstić information content (AvgIpc) is 2.56. The zero-order chi connectivity index (χ0) is 11.7. The van der Waals surface area contributed by atoms with Crippen molar-refractivity contribution in [1.29, 1.82) is 0 Å². The maximum Gasteiger partial charge on any atom is 0.335 e. The summed E-state index contributed by atoms with van der Waals surface area (Å²) in [4.78, 5) is 23.4. The van der Waals surface area contributed by atoms with Gasteiger partial charge < -0.3 is 10.8 Å². The van der Waals surface area contributed by atoms with E-state index < -0.39 is 5.97 Å². The predicted octanol–water partition coefficient (Wildman–Crippen LogP) is 0.186. The fourth-order valence-corrected chi connectivity index (χ4v) is 1.93. The van der Waals surface area contributed by atoms with Crippen LogP contribution in [0.4, 0.5) is 0 Å². The number of hydrogen-bond donors (Lipinski definition) is 2. The first-order valence-electron chi connectivity index (χ1n) is 4.92. The van der Waals surface area contributed by atoms with Crippen LogP contribution in [0.2, 0.25) is 0 Å². The smallest absolute Gasteiger partial charge is 0.335 e. The van der Waals surface area contributed by atoms with Gasteiger partial charge in [-0.15, -0.1) is 0 Å². The van der Waals surface area contributed by atoms with Gasteiger partial charge in [-0.3, -0.25) is 9.69 Å². The second-order valence-electron chi connectivity index (χ2n) is 3.90. The molecule has 3 N–H and O–H groups in total. The van der Waals surface area contributed by atoms with E-state index in [0.717, 1.165) is 11.1 Å². The number of nitrogens with two attached hydrogens (primary N) is 1. The molecule has 1 aliphatic heterocycles. The third-order valence-corrected chi connectivity index (χ3v) is 2.62. The van der Waals surface area contributed by atoms with Gasteiger partial charge in [0.15, 0.2) is 0 Å². The molecule has 0 fully saturated rings. The van der Waals surface area contributed by atoms with Gasteiger partial charge in [0.2, 0.25) is 5.91 Å². The van der Waals surface area contributed by atoms with E-state index in [0.29, 0.717) is 13.1 Å². The Morgan fingerprint density at radius 2 is 2.00 bits per heavy atom. The zero-order valence-electron chi connectivity index (χ0n) is 8.64. The van der Waals surface area contributed by atoms with Crippen molar-refractivity contribution in [3.63, 3.8) is 0 Å². The van der Waals surface area contributed by atoms with Gasteiger partial charge in [-0.05, 0) is 23.3 Å². The van der Waals surface area contributed by atoms with Crippen LogP contribution in [-0.4, -0.2) is 28.4 Å². The summed E-state index contributed by atoms with van der Waals surface area (Å²) in [5.41, 5.74) is 7.41. The highest BCUT2D eigenvalue weighted by Crippen LogP contribution is 2.23. The molecule has 1 amide bonds. The van der Waals surface area contributed by atoms with E-state index in [1.165, 1.54) is 0 Å². The summed E-state index contributed by atoms with van der Waals surface area (Å²) in [6.45, 7) is 1.44. The number of rotatable bonds is 3. The fourth-order valence-electron chi connectivity index (χ4n) is 1.93. The van der Waals surface area contributed by atoms with Crippen molar-refractivity contribution in [2.75, 3.05) is 6.54 Å². The van der Waals surface area contributed by atoms with E-state index in [1.54, 1.807) is 18.2 Å². The highest BCUT2D eigenvalue weighted by atomic mass is 16.4. The molecule has 0 atom stereocenters. The van der Waals surface area contributed by atoms with Gasteiger partial charge in [0.25, 0.3) is 0 Å². The molecule has 2 rings (SSSR count). The number of hydrogen-bond acceptors (Lipinski definition) is 3. The van der Waals surface area contributed by atoms with E-state index >= 15 is 0 Å². The third-order valence-electron chi connectivity index (χ3n) is 2.62. The van der Waals surface area contributed by atoms with Crippen molar-refractivity contribution in [3.8, 4) is 0 Å². The van der Waals surface area contributed by atoms with Crippen molar-refractivity contribution < 1.29 is 14.7 Å². The number of carbonyl (C=O) groups is 2. The summed E-state index contributed by atoms with van der Waals surface area (Å²) >= 11 is 0. The summed E-state index contributed by atoms with van der Waals surface area (Å²) in [5.74, 6) is -1.30. The van der Waals surface area contributed by atoms with Crippen LogP contribution in [0.3, 0.4) is 0 Å². The lowest BCUT2D eigenvalue weighted by Gasteiger charge is -2.10. The number of aromatic carboxylic acids is 1. The van der Waals surface area contributed by atoms with Gasteiger partial charge in [-0.2, -0.15) is 0 Å². The highest BCUT2D eigenvalue weighted by Gasteiger charge is 2.21. The Morgan fingerprint density at radius 1 is 1.31 bits per heavy atom. The number of carboxylic acid groups (broad SMARTS) is 1. The number of carboxylic acids is 1. The van der Waals surface area contributed by atoms with Gasteiger partial charge in [0.1, 0.15) is 0 Å².